The highest BCUT2D eigenvalue weighted by Gasteiger charge is 2.44. The fraction of sp³-hybridized carbons (Fsp3) is 1.00. The Balaban J connectivity index is 1.94. The minimum Gasteiger partial charge on any atom is -0.303 e. The van der Waals surface area contributed by atoms with Crippen LogP contribution in [0.3, 0.4) is 0 Å². The lowest BCUT2D eigenvalue weighted by molar-refractivity contribution is 0.0411. The summed E-state index contributed by atoms with van der Waals surface area (Å²) in [6.45, 7) is 4.31. The Morgan fingerprint density at radius 1 is 0.900 bits per heavy atom. The van der Waals surface area contributed by atoms with Crippen LogP contribution in [0, 0.1) is 17.8 Å². The Kier molecular flexibility index (Phi) is 0.984. The molecule has 2 unspecified atom stereocenters. The zero-order chi connectivity index (χ0) is 6.55. The molecule has 1 saturated carbocycles. The van der Waals surface area contributed by atoms with Gasteiger partial charge in [-0.1, -0.05) is 0 Å². The first-order chi connectivity index (χ1) is 4.93. The van der Waals surface area contributed by atoms with Crippen molar-refractivity contribution in [3.8, 4) is 0 Å². The molecule has 0 amide bonds. The molecule has 3 heterocycles. The van der Waals surface area contributed by atoms with E-state index < -0.39 is 0 Å². The first-order valence-electron chi connectivity index (χ1n) is 4.66. The number of fused-ring (bicyclic) bond motifs is 1. The van der Waals surface area contributed by atoms with Crippen LogP contribution in [0.2, 0.25) is 0 Å². The molecule has 4 rings (SSSR count). The Morgan fingerprint density at radius 2 is 1.60 bits per heavy atom. The predicted molar refractivity (Wildman–Crippen MR) is 40.8 cm³/mol. The van der Waals surface area contributed by atoms with Crippen molar-refractivity contribution in [1.82, 2.24) is 4.90 Å². The first-order valence-corrected chi connectivity index (χ1v) is 4.66. The molecule has 0 aromatic heterocycles. The van der Waals surface area contributed by atoms with E-state index in [1.807, 2.05) is 0 Å². The molecule has 3 saturated heterocycles. The smallest absolute Gasteiger partial charge is 0.00125 e. The molecule has 4 bridgehead atoms. The lowest BCUT2D eigenvalue weighted by Gasteiger charge is -2.44. The molecule has 0 aromatic rings. The number of rotatable bonds is 0. The van der Waals surface area contributed by atoms with Crippen LogP contribution in [0.25, 0.3) is 0 Å². The lowest BCUT2D eigenvalue weighted by Crippen LogP contribution is -2.48. The molecule has 1 aliphatic carbocycles. The van der Waals surface area contributed by atoms with Crippen molar-refractivity contribution >= 4 is 0 Å². The van der Waals surface area contributed by atoms with Crippen molar-refractivity contribution in [2.75, 3.05) is 19.6 Å². The number of hydrogen-bond acceptors (Lipinski definition) is 1. The summed E-state index contributed by atoms with van der Waals surface area (Å²) in [5.74, 6) is 3.39. The van der Waals surface area contributed by atoms with Crippen LogP contribution in [0.5, 0.6) is 0 Å². The highest BCUT2D eigenvalue weighted by Crippen LogP contribution is 2.46. The highest BCUT2D eigenvalue weighted by atomic mass is 15.2. The standard InChI is InChI=1S/C9H15N/c1-2-8-6-10-4-3-9(8)7(1)5-10/h7-9H,1-6H2. The summed E-state index contributed by atoms with van der Waals surface area (Å²) in [7, 11) is 0. The molecule has 1 heteroatoms. The zero-order valence-corrected chi connectivity index (χ0v) is 6.42. The SMILES string of the molecule is C1CC2CN3CCC2C1C3. The maximum absolute atomic E-state index is 2.68. The van der Waals surface area contributed by atoms with E-state index in [1.165, 1.54) is 26.1 Å². The largest absolute Gasteiger partial charge is 0.303 e. The van der Waals surface area contributed by atoms with E-state index in [1.54, 1.807) is 12.8 Å². The molecule has 0 radical (unpaired) electrons. The third kappa shape index (κ3) is 0.572. The van der Waals surface area contributed by atoms with E-state index in [0.29, 0.717) is 0 Å². The second-order valence-electron chi connectivity index (χ2n) is 4.31. The van der Waals surface area contributed by atoms with Crippen molar-refractivity contribution in [1.29, 1.82) is 0 Å². The van der Waals surface area contributed by atoms with E-state index in [-0.39, 0.29) is 0 Å². The molecule has 3 aliphatic heterocycles. The fourth-order valence-electron chi connectivity index (χ4n) is 3.42. The number of hydrogen-bond donors (Lipinski definition) is 0. The molecule has 2 atom stereocenters. The lowest BCUT2D eigenvalue weighted by atomic mass is 9.79. The minimum absolute atomic E-state index is 1.12. The molecule has 1 nitrogen and oxygen atoms in total. The Morgan fingerprint density at radius 3 is 2.10 bits per heavy atom. The van der Waals surface area contributed by atoms with Gasteiger partial charge in [-0.15, -0.1) is 0 Å². The van der Waals surface area contributed by atoms with Crippen LogP contribution < -0.4 is 0 Å². The van der Waals surface area contributed by atoms with Gasteiger partial charge in [0.25, 0.3) is 0 Å². The van der Waals surface area contributed by atoms with Crippen molar-refractivity contribution in [2.45, 2.75) is 19.3 Å². The molecule has 0 N–H and O–H groups in total. The van der Waals surface area contributed by atoms with Gasteiger partial charge in [0.2, 0.25) is 0 Å². The molecule has 4 aliphatic rings. The van der Waals surface area contributed by atoms with Gasteiger partial charge in [0.1, 0.15) is 0 Å². The summed E-state index contributed by atoms with van der Waals surface area (Å²) in [6.07, 6.45) is 4.62. The molecule has 10 heavy (non-hydrogen) atoms. The molecule has 0 spiro atoms. The maximum atomic E-state index is 2.68. The van der Waals surface area contributed by atoms with E-state index >= 15 is 0 Å². The zero-order valence-electron chi connectivity index (χ0n) is 6.42. The summed E-state index contributed by atoms with van der Waals surface area (Å²) in [4.78, 5) is 2.68. The van der Waals surface area contributed by atoms with Gasteiger partial charge >= 0.3 is 0 Å². The molecule has 4 fully saturated rings. The summed E-state index contributed by atoms with van der Waals surface area (Å²) in [5.41, 5.74) is 0. The normalized spacial score (nSPS) is 57.6. The maximum Gasteiger partial charge on any atom is 0.00125 e. The quantitative estimate of drug-likeness (QED) is 0.487. The average molecular weight is 137 g/mol. The van der Waals surface area contributed by atoms with Gasteiger partial charge in [-0.05, 0) is 43.6 Å². The van der Waals surface area contributed by atoms with Crippen molar-refractivity contribution in [2.24, 2.45) is 17.8 Å². The van der Waals surface area contributed by atoms with Crippen molar-refractivity contribution < 1.29 is 0 Å². The van der Waals surface area contributed by atoms with Gasteiger partial charge in [-0.2, -0.15) is 0 Å². The fourth-order valence-corrected chi connectivity index (χ4v) is 3.42. The molecule has 56 valence electrons. The van der Waals surface area contributed by atoms with E-state index in [0.717, 1.165) is 17.8 Å². The van der Waals surface area contributed by atoms with Gasteiger partial charge in [0, 0.05) is 13.1 Å². The monoisotopic (exact) mass is 137 g/mol. The van der Waals surface area contributed by atoms with Crippen molar-refractivity contribution in [3.05, 3.63) is 0 Å². The highest BCUT2D eigenvalue weighted by molar-refractivity contribution is 4.96. The second-order valence-corrected chi connectivity index (χ2v) is 4.31. The van der Waals surface area contributed by atoms with Gasteiger partial charge in [-0.3, -0.25) is 0 Å². The molecular weight excluding hydrogens is 122 g/mol. The number of piperidine rings is 3. The van der Waals surface area contributed by atoms with Crippen molar-refractivity contribution in [3.63, 3.8) is 0 Å². The van der Waals surface area contributed by atoms with E-state index in [9.17, 15) is 0 Å². The van der Waals surface area contributed by atoms with Crippen LogP contribution in [0.1, 0.15) is 19.3 Å². The second kappa shape index (κ2) is 1.76. The van der Waals surface area contributed by atoms with E-state index in [4.69, 9.17) is 0 Å². The van der Waals surface area contributed by atoms with Gasteiger partial charge in [0.15, 0.2) is 0 Å². The third-order valence-corrected chi connectivity index (χ3v) is 3.88. The summed E-state index contributed by atoms with van der Waals surface area (Å²) in [5, 5.41) is 0. The minimum atomic E-state index is 1.12. The van der Waals surface area contributed by atoms with Crippen LogP contribution in [-0.2, 0) is 0 Å². The summed E-state index contributed by atoms with van der Waals surface area (Å²) < 4.78 is 0. The van der Waals surface area contributed by atoms with Crippen LogP contribution in [-0.4, -0.2) is 24.5 Å². The van der Waals surface area contributed by atoms with Gasteiger partial charge in [0.05, 0.1) is 0 Å². The summed E-state index contributed by atoms with van der Waals surface area (Å²) in [6, 6.07) is 0. The first kappa shape index (κ1) is 5.59. The van der Waals surface area contributed by atoms with Gasteiger partial charge < -0.3 is 4.90 Å². The Bertz CT molecular complexity index is 141. The Labute approximate surface area is 62.4 Å². The predicted octanol–water partition coefficient (Wildman–Crippen LogP) is 1.35. The van der Waals surface area contributed by atoms with Crippen LogP contribution >= 0.6 is 0 Å². The average Bonchev–Trinajstić information content (AvgIpc) is 2.29. The van der Waals surface area contributed by atoms with Crippen LogP contribution in [0.4, 0.5) is 0 Å². The summed E-state index contributed by atoms with van der Waals surface area (Å²) >= 11 is 0. The third-order valence-electron chi connectivity index (χ3n) is 3.88. The molecule has 0 aromatic carbocycles. The van der Waals surface area contributed by atoms with Gasteiger partial charge in [-0.25, -0.2) is 0 Å². The van der Waals surface area contributed by atoms with Crippen LogP contribution in [0.15, 0.2) is 0 Å². The van der Waals surface area contributed by atoms with E-state index in [2.05, 4.69) is 4.90 Å². The Hall–Kier alpha value is -0.0400. The molecular formula is C9H15N. The number of nitrogens with zero attached hydrogens (tertiary/aromatic N) is 1. The topological polar surface area (TPSA) is 3.24 Å².